The third-order valence-electron chi connectivity index (χ3n) is 5.04. The minimum absolute atomic E-state index is 0.0102. The van der Waals surface area contributed by atoms with Crippen LogP contribution in [0.4, 0.5) is 5.13 Å². The summed E-state index contributed by atoms with van der Waals surface area (Å²) in [6.45, 7) is 4.14. The molecule has 2 aromatic heterocycles. The van der Waals surface area contributed by atoms with Gasteiger partial charge in [-0.3, -0.25) is 14.5 Å². The Hall–Kier alpha value is -3.23. The first-order valence-corrected chi connectivity index (χ1v) is 10.8. The summed E-state index contributed by atoms with van der Waals surface area (Å²) in [5.74, 6) is 0.104. The van der Waals surface area contributed by atoms with Crippen molar-refractivity contribution in [2.75, 3.05) is 11.5 Å². The first-order chi connectivity index (χ1) is 15.0. The van der Waals surface area contributed by atoms with Crippen LogP contribution in [0.3, 0.4) is 0 Å². The van der Waals surface area contributed by atoms with Crippen molar-refractivity contribution in [3.8, 4) is 5.75 Å². The predicted octanol–water partition coefficient (Wildman–Crippen LogP) is 4.75. The number of fused-ring (bicyclic) bond motifs is 2. The molecule has 0 fully saturated rings. The van der Waals surface area contributed by atoms with Gasteiger partial charge in [-0.15, -0.1) is 10.2 Å². The Bertz CT molecular complexity index is 1400. The first kappa shape index (κ1) is 19.7. The zero-order valence-corrected chi connectivity index (χ0v) is 18.2. The molecule has 1 atom stereocenters. The molecule has 1 amide bonds. The van der Waals surface area contributed by atoms with Crippen molar-refractivity contribution in [3.05, 3.63) is 79.6 Å². The minimum atomic E-state index is -0.722. The van der Waals surface area contributed by atoms with Crippen LogP contribution in [0, 0.1) is 6.92 Å². The van der Waals surface area contributed by atoms with Crippen molar-refractivity contribution in [2.24, 2.45) is 0 Å². The molecule has 0 saturated carbocycles. The van der Waals surface area contributed by atoms with E-state index in [2.05, 4.69) is 10.2 Å². The minimum Gasteiger partial charge on any atom is -0.494 e. The number of aryl methyl sites for hydroxylation is 1. The second-order valence-corrected chi connectivity index (χ2v) is 8.60. The van der Waals surface area contributed by atoms with Crippen molar-refractivity contribution in [1.82, 2.24) is 10.2 Å². The maximum Gasteiger partial charge on any atom is 0.297 e. The number of benzene rings is 2. The van der Waals surface area contributed by atoms with Gasteiger partial charge in [0.15, 0.2) is 5.43 Å². The van der Waals surface area contributed by atoms with Gasteiger partial charge in [-0.1, -0.05) is 35.1 Å². The van der Waals surface area contributed by atoms with Crippen LogP contribution in [-0.2, 0) is 0 Å². The summed E-state index contributed by atoms with van der Waals surface area (Å²) in [5.41, 5.74) is 0.964. The van der Waals surface area contributed by atoms with Gasteiger partial charge in [0.05, 0.1) is 23.6 Å². The van der Waals surface area contributed by atoms with E-state index in [1.165, 1.54) is 16.2 Å². The number of halogens is 1. The van der Waals surface area contributed by atoms with Gasteiger partial charge in [0, 0.05) is 11.1 Å². The highest BCUT2D eigenvalue weighted by molar-refractivity contribution is 7.15. The fraction of sp³-hybridized carbons (Fsp3) is 0.182. The Morgan fingerprint density at radius 3 is 2.74 bits per heavy atom. The molecule has 2 aromatic carbocycles. The smallest absolute Gasteiger partial charge is 0.297 e. The van der Waals surface area contributed by atoms with Gasteiger partial charge in [0.2, 0.25) is 10.9 Å². The van der Waals surface area contributed by atoms with Crippen LogP contribution in [0.25, 0.3) is 11.0 Å². The van der Waals surface area contributed by atoms with Gasteiger partial charge < -0.3 is 9.15 Å². The molecule has 0 spiro atoms. The van der Waals surface area contributed by atoms with E-state index in [0.29, 0.717) is 44.1 Å². The molecule has 1 aliphatic heterocycles. The topological polar surface area (TPSA) is 85.5 Å². The largest absolute Gasteiger partial charge is 0.494 e. The fourth-order valence-electron chi connectivity index (χ4n) is 3.78. The number of hydrogen-bond donors (Lipinski definition) is 0. The Morgan fingerprint density at radius 2 is 2.03 bits per heavy atom. The second-order valence-electron chi connectivity index (χ2n) is 7.00. The third kappa shape index (κ3) is 3.19. The van der Waals surface area contributed by atoms with Crippen LogP contribution in [0.1, 0.15) is 39.7 Å². The van der Waals surface area contributed by atoms with E-state index in [1.54, 1.807) is 43.3 Å². The van der Waals surface area contributed by atoms with Gasteiger partial charge in [0.25, 0.3) is 5.91 Å². The number of aromatic nitrogens is 2. The summed E-state index contributed by atoms with van der Waals surface area (Å²) in [6, 6.07) is 11.3. The van der Waals surface area contributed by atoms with Gasteiger partial charge in [-0.05, 0) is 43.7 Å². The molecule has 31 heavy (non-hydrogen) atoms. The van der Waals surface area contributed by atoms with E-state index in [1.807, 2.05) is 13.0 Å². The number of nitrogens with zero attached hydrogens (tertiary/aromatic N) is 3. The summed E-state index contributed by atoms with van der Waals surface area (Å²) in [6.07, 6.45) is 0. The molecule has 1 aliphatic rings. The predicted molar refractivity (Wildman–Crippen MR) is 118 cm³/mol. The lowest BCUT2D eigenvalue weighted by molar-refractivity contribution is 0.0970. The van der Waals surface area contributed by atoms with E-state index >= 15 is 0 Å². The maximum absolute atomic E-state index is 13.5. The Labute approximate surface area is 185 Å². The number of hydrogen-bond acceptors (Lipinski definition) is 7. The summed E-state index contributed by atoms with van der Waals surface area (Å²) in [4.78, 5) is 28.4. The molecule has 5 rings (SSSR count). The quantitative estimate of drug-likeness (QED) is 0.443. The zero-order valence-electron chi connectivity index (χ0n) is 16.6. The van der Waals surface area contributed by atoms with Gasteiger partial charge in [0.1, 0.15) is 16.3 Å². The highest BCUT2D eigenvalue weighted by Gasteiger charge is 2.45. The molecule has 3 heterocycles. The number of carbonyl (C=O) groups excluding carboxylic acids is 1. The highest BCUT2D eigenvalue weighted by atomic mass is 35.5. The number of ether oxygens (including phenoxy) is 1. The van der Waals surface area contributed by atoms with E-state index in [0.717, 1.165) is 0 Å². The Kier molecular flexibility index (Phi) is 4.75. The van der Waals surface area contributed by atoms with Crippen LogP contribution in [-0.4, -0.2) is 22.7 Å². The van der Waals surface area contributed by atoms with E-state index in [9.17, 15) is 9.59 Å². The van der Waals surface area contributed by atoms with Crippen molar-refractivity contribution in [2.45, 2.75) is 19.9 Å². The average molecular weight is 454 g/mol. The van der Waals surface area contributed by atoms with E-state index in [-0.39, 0.29) is 16.8 Å². The van der Waals surface area contributed by atoms with E-state index < -0.39 is 11.9 Å². The average Bonchev–Trinajstić information content (AvgIpc) is 3.29. The Balaban J connectivity index is 1.78. The SMILES string of the molecule is CCOc1ccc2c(=O)c3c(oc2c1)C(=O)N(c1nnc(C)s1)C3c1cccc(Cl)c1. The van der Waals surface area contributed by atoms with Crippen LogP contribution in [0.15, 0.2) is 51.7 Å². The molecular formula is C22H16ClN3O4S. The molecule has 0 bridgehead atoms. The number of rotatable bonds is 4. The van der Waals surface area contributed by atoms with Crippen molar-refractivity contribution >= 4 is 44.9 Å². The maximum atomic E-state index is 13.5. The van der Waals surface area contributed by atoms with Crippen LogP contribution in [0.5, 0.6) is 5.75 Å². The van der Waals surface area contributed by atoms with Crippen LogP contribution in [0.2, 0.25) is 5.02 Å². The number of amides is 1. The molecule has 4 aromatic rings. The number of carbonyl (C=O) groups is 1. The Morgan fingerprint density at radius 1 is 1.19 bits per heavy atom. The standard InChI is InChI=1S/C22H16ClN3O4S/c1-3-29-14-7-8-15-16(10-14)30-20-17(19(15)27)18(12-5-4-6-13(23)9-12)26(21(20)28)22-25-24-11(2)31-22/h4-10,18H,3H2,1-2H3. The first-order valence-electron chi connectivity index (χ1n) is 9.60. The molecule has 156 valence electrons. The summed E-state index contributed by atoms with van der Waals surface area (Å²) in [7, 11) is 0. The molecule has 0 radical (unpaired) electrons. The normalized spacial score (nSPS) is 15.5. The molecule has 0 aliphatic carbocycles. The molecular weight excluding hydrogens is 438 g/mol. The summed E-state index contributed by atoms with van der Waals surface area (Å²) >= 11 is 7.49. The lowest BCUT2D eigenvalue weighted by Crippen LogP contribution is -2.29. The zero-order chi connectivity index (χ0) is 21.7. The molecule has 0 N–H and O–H groups in total. The molecule has 7 nitrogen and oxygen atoms in total. The van der Waals surface area contributed by atoms with Gasteiger partial charge in [-0.25, -0.2) is 0 Å². The lowest BCUT2D eigenvalue weighted by atomic mass is 9.99. The monoisotopic (exact) mass is 453 g/mol. The third-order valence-corrected chi connectivity index (χ3v) is 6.11. The summed E-state index contributed by atoms with van der Waals surface area (Å²) in [5, 5.41) is 10.1. The van der Waals surface area contributed by atoms with Gasteiger partial charge >= 0.3 is 0 Å². The van der Waals surface area contributed by atoms with Crippen molar-refractivity contribution in [1.29, 1.82) is 0 Å². The van der Waals surface area contributed by atoms with Crippen molar-refractivity contribution < 1.29 is 13.9 Å². The molecule has 1 unspecified atom stereocenters. The lowest BCUT2D eigenvalue weighted by Gasteiger charge is -2.22. The van der Waals surface area contributed by atoms with Crippen molar-refractivity contribution in [3.63, 3.8) is 0 Å². The van der Waals surface area contributed by atoms with Gasteiger partial charge in [-0.2, -0.15) is 0 Å². The number of anilines is 1. The van der Waals surface area contributed by atoms with Crippen LogP contribution >= 0.6 is 22.9 Å². The second kappa shape index (κ2) is 7.47. The highest BCUT2D eigenvalue weighted by Crippen LogP contribution is 2.42. The van der Waals surface area contributed by atoms with E-state index in [4.69, 9.17) is 20.8 Å². The van der Waals surface area contributed by atoms with Crippen LogP contribution < -0.4 is 15.1 Å². The molecule has 9 heteroatoms. The summed E-state index contributed by atoms with van der Waals surface area (Å²) < 4.78 is 11.5. The molecule has 0 saturated heterocycles. The fourth-order valence-corrected chi connectivity index (χ4v) is 4.69.